The summed E-state index contributed by atoms with van der Waals surface area (Å²) in [6.45, 7) is 1.62. The molecule has 0 heterocycles. The Hall–Kier alpha value is -4.46. The van der Waals surface area contributed by atoms with Gasteiger partial charge in [-0.1, -0.05) is 18.2 Å². The van der Waals surface area contributed by atoms with E-state index in [1.807, 2.05) is 19.1 Å². The van der Waals surface area contributed by atoms with Gasteiger partial charge in [0.25, 0.3) is 11.8 Å². The molecule has 0 aliphatic rings. The Morgan fingerprint density at radius 1 is 0.909 bits per heavy atom. The average Bonchev–Trinajstić information content (AvgIpc) is 2.84. The maximum absolute atomic E-state index is 12.3. The maximum Gasteiger partial charge on any atom is 0.343 e. The molecule has 2 amide bonds. The third-order valence-corrected chi connectivity index (χ3v) is 4.62. The third-order valence-electron chi connectivity index (χ3n) is 4.62. The van der Waals surface area contributed by atoms with E-state index in [0.29, 0.717) is 28.2 Å². The molecule has 8 nitrogen and oxygen atoms in total. The standard InChI is InChI=1S/C25H23N3O5/c1-17-5-3-4-6-22(17)25(31)33-21-11-7-18(8-12-21)15-27-28-23(29)16-26-24(30)19-9-13-20(32-2)14-10-19/h3-15H,16H2,1-2H3,(H,26,30)(H,28,29). The van der Waals surface area contributed by atoms with E-state index in [2.05, 4.69) is 15.8 Å². The van der Waals surface area contributed by atoms with Crippen LogP contribution < -0.4 is 20.2 Å². The summed E-state index contributed by atoms with van der Waals surface area (Å²) in [6, 6.07) is 20.4. The molecule has 0 saturated carbocycles. The monoisotopic (exact) mass is 445 g/mol. The minimum Gasteiger partial charge on any atom is -0.497 e. The molecule has 168 valence electrons. The zero-order valence-electron chi connectivity index (χ0n) is 18.2. The molecule has 0 unspecified atom stereocenters. The summed E-state index contributed by atoms with van der Waals surface area (Å²) in [6.07, 6.45) is 1.44. The van der Waals surface area contributed by atoms with Crippen molar-refractivity contribution in [1.29, 1.82) is 0 Å². The van der Waals surface area contributed by atoms with Crippen molar-refractivity contribution in [2.45, 2.75) is 6.92 Å². The van der Waals surface area contributed by atoms with Crippen LogP contribution >= 0.6 is 0 Å². The first-order valence-electron chi connectivity index (χ1n) is 10.1. The first kappa shape index (κ1) is 23.2. The summed E-state index contributed by atoms with van der Waals surface area (Å²) in [5.74, 6) is -0.259. The predicted octanol–water partition coefficient (Wildman–Crippen LogP) is 3.10. The van der Waals surface area contributed by atoms with Gasteiger partial charge < -0.3 is 14.8 Å². The molecular weight excluding hydrogens is 422 g/mol. The van der Waals surface area contributed by atoms with Crippen LogP contribution in [-0.2, 0) is 4.79 Å². The summed E-state index contributed by atoms with van der Waals surface area (Å²) >= 11 is 0. The smallest absolute Gasteiger partial charge is 0.343 e. The molecule has 2 N–H and O–H groups in total. The molecule has 8 heteroatoms. The first-order valence-corrected chi connectivity index (χ1v) is 10.1. The third kappa shape index (κ3) is 6.76. The second-order valence-electron chi connectivity index (χ2n) is 6.98. The van der Waals surface area contributed by atoms with E-state index in [9.17, 15) is 14.4 Å². The van der Waals surface area contributed by atoms with Crippen molar-refractivity contribution in [2.75, 3.05) is 13.7 Å². The van der Waals surface area contributed by atoms with Gasteiger partial charge in [0, 0.05) is 5.56 Å². The van der Waals surface area contributed by atoms with Gasteiger partial charge in [0.15, 0.2) is 0 Å². The Morgan fingerprint density at radius 2 is 1.58 bits per heavy atom. The van der Waals surface area contributed by atoms with E-state index in [-0.39, 0.29) is 12.5 Å². The van der Waals surface area contributed by atoms with E-state index in [0.717, 1.165) is 5.56 Å². The van der Waals surface area contributed by atoms with Crippen molar-refractivity contribution in [3.05, 3.63) is 95.1 Å². The number of nitrogens with zero attached hydrogens (tertiary/aromatic N) is 1. The number of hydrogen-bond donors (Lipinski definition) is 2. The molecule has 0 bridgehead atoms. The minimum absolute atomic E-state index is 0.226. The van der Waals surface area contributed by atoms with Crippen LogP contribution in [-0.4, -0.2) is 37.7 Å². The van der Waals surface area contributed by atoms with Crippen LogP contribution in [0.1, 0.15) is 31.8 Å². The molecule has 3 rings (SSSR count). The van der Waals surface area contributed by atoms with Crippen molar-refractivity contribution in [3.8, 4) is 11.5 Å². The Bertz CT molecular complexity index is 1160. The molecule has 0 saturated heterocycles. The van der Waals surface area contributed by atoms with Crippen molar-refractivity contribution in [2.24, 2.45) is 5.10 Å². The summed E-state index contributed by atoms with van der Waals surface area (Å²) in [5, 5.41) is 6.38. The number of aryl methyl sites for hydroxylation is 1. The van der Waals surface area contributed by atoms with Crippen LogP contribution in [0.3, 0.4) is 0 Å². The Kier molecular flexibility index (Phi) is 7.91. The van der Waals surface area contributed by atoms with Crippen molar-refractivity contribution < 1.29 is 23.9 Å². The maximum atomic E-state index is 12.3. The molecule has 0 aromatic heterocycles. The van der Waals surface area contributed by atoms with Crippen molar-refractivity contribution >= 4 is 24.0 Å². The predicted molar refractivity (Wildman–Crippen MR) is 124 cm³/mol. The molecule has 0 aliphatic heterocycles. The minimum atomic E-state index is -0.475. The number of esters is 1. The number of carbonyl (C=O) groups is 3. The number of hydrogen-bond acceptors (Lipinski definition) is 6. The van der Waals surface area contributed by atoms with Gasteiger partial charge in [-0.05, 0) is 72.6 Å². The molecule has 0 fully saturated rings. The molecular formula is C25H23N3O5. The van der Waals surface area contributed by atoms with E-state index in [1.165, 1.54) is 13.3 Å². The molecule has 3 aromatic carbocycles. The van der Waals surface area contributed by atoms with E-state index in [1.54, 1.807) is 60.7 Å². The molecule has 0 radical (unpaired) electrons. The lowest BCUT2D eigenvalue weighted by Crippen LogP contribution is -2.34. The second-order valence-corrected chi connectivity index (χ2v) is 6.98. The second kappa shape index (κ2) is 11.2. The number of amides is 2. The van der Waals surface area contributed by atoms with Gasteiger partial charge in [-0.15, -0.1) is 0 Å². The molecule has 3 aromatic rings. The highest BCUT2D eigenvalue weighted by Gasteiger charge is 2.11. The Labute approximate surface area is 191 Å². The fourth-order valence-corrected chi connectivity index (χ4v) is 2.81. The van der Waals surface area contributed by atoms with Gasteiger partial charge in [0.1, 0.15) is 11.5 Å². The van der Waals surface area contributed by atoms with Gasteiger partial charge in [0.05, 0.1) is 25.4 Å². The molecule has 0 aliphatic carbocycles. The van der Waals surface area contributed by atoms with Gasteiger partial charge in [-0.2, -0.15) is 5.10 Å². The van der Waals surface area contributed by atoms with Crippen molar-refractivity contribution in [3.63, 3.8) is 0 Å². The Balaban J connectivity index is 1.45. The first-order chi connectivity index (χ1) is 16.0. The van der Waals surface area contributed by atoms with Gasteiger partial charge in [-0.3, -0.25) is 9.59 Å². The SMILES string of the molecule is COc1ccc(C(=O)NCC(=O)NN=Cc2ccc(OC(=O)c3ccccc3C)cc2)cc1. The van der Waals surface area contributed by atoms with Crippen LogP contribution in [0.2, 0.25) is 0 Å². The van der Waals surface area contributed by atoms with Gasteiger partial charge in [0.2, 0.25) is 0 Å². The highest BCUT2D eigenvalue weighted by Crippen LogP contribution is 2.15. The average molecular weight is 445 g/mol. The number of nitrogens with one attached hydrogen (secondary N) is 2. The number of carbonyl (C=O) groups excluding carboxylic acids is 3. The van der Waals surface area contributed by atoms with Crippen molar-refractivity contribution in [1.82, 2.24) is 10.7 Å². The van der Waals surface area contributed by atoms with Gasteiger partial charge in [-0.25, -0.2) is 10.2 Å². The topological polar surface area (TPSA) is 106 Å². The lowest BCUT2D eigenvalue weighted by atomic mass is 10.1. The van der Waals surface area contributed by atoms with Crippen LogP contribution in [0.4, 0.5) is 0 Å². The zero-order valence-corrected chi connectivity index (χ0v) is 18.2. The highest BCUT2D eigenvalue weighted by atomic mass is 16.5. The number of hydrazone groups is 1. The van der Waals surface area contributed by atoms with Crippen LogP contribution in [0.15, 0.2) is 77.9 Å². The zero-order chi connectivity index (χ0) is 23.6. The molecule has 33 heavy (non-hydrogen) atoms. The fraction of sp³-hybridized carbons (Fsp3) is 0.120. The lowest BCUT2D eigenvalue weighted by molar-refractivity contribution is -0.120. The van der Waals surface area contributed by atoms with Crippen LogP contribution in [0.5, 0.6) is 11.5 Å². The van der Waals surface area contributed by atoms with Crippen LogP contribution in [0.25, 0.3) is 0 Å². The summed E-state index contributed by atoms with van der Waals surface area (Å²) in [4.78, 5) is 36.2. The van der Waals surface area contributed by atoms with E-state index < -0.39 is 11.9 Å². The van der Waals surface area contributed by atoms with E-state index in [4.69, 9.17) is 9.47 Å². The lowest BCUT2D eigenvalue weighted by Gasteiger charge is -2.07. The fourth-order valence-electron chi connectivity index (χ4n) is 2.81. The number of ether oxygens (including phenoxy) is 2. The quantitative estimate of drug-likeness (QED) is 0.240. The summed E-state index contributed by atoms with van der Waals surface area (Å²) in [7, 11) is 1.54. The largest absolute Gasteiger partial charge is 0.497 e. The molecule has 0 spiro atoms. The normalized spacial score (nSPS) is 10.5. The number of rotatable bonds is 8. The molecule has 0 atom stereocenters. The highest BCUT2D eigenvalue weighted by molar-refractivity contribution is 5.96. The Morgan fingerprint density at radius 3 is 2.24 bits per heavy atom. The van der Waals surface area contributed by atoms with E-state index >= 15 is 0 Å². The number of benzene rings is 3. The van der Waals surface area contributed by atoms with Crippen LogP contribution in [0, 0.1) is 6.92 Å². The number of methoxy groups -OCH3 is 1. The summed E-state index contributed by atoms with van der Waals surface area (Å²) in [5.41, 5.74) is 4.78. The summed E-state index contributed by atoms with van der Waals surface area (Å²) < 4.78 is 10.4. The van der Waals surface area contributed by atoms with Gasteiger partial charge >= 0.3 is 5.97 Å².